The van der Waals surface area contributed by atoms with Crippen molar-refractivity contribution in [3.05, 3.63) is 59.8 Å². The molecule has 0 atom stereocenters. The molecular formula is C26H26ClN7O. The molecule has 1 fully saturated rings. The molecule has 35 heavy (non-hydrogen) atoms. The molecule has 8 nitrogen and oxygen atoms in total. The van der Waals surface area contributed by atoms with Crippen LogP contribution in [0.3, 0.4) is 0 Å². The lowest BCUT2D eigenvalue weighted by molar-refractivity contribution is 0.109. The number of imidazole rings is 1. The van der Waals surface area contributed by atoms with Crippen LogP contribution in [0.15, 0.2) is 48.9 Å². The number of H-pyrrole nitrogens is 1. The Bertz CT molecular complexity index is 1530. The molecule has 0 saturated heterocycles. The van der Waals surface area contributed by atoms with Gasteiger partial charge in [-0.1, -0.05) is 11.6 Å². The predicted octanol–water partition coefficient (Wildman–Crippen LogP) is 5.46. The number of nitrogens with zero attached hydrogens (tertiary/aromatic N) is 6. The van der Waals surface area contributed by atoms with Crippen LogP contribution in [0, 0.1) is 12.8 Å². The molecule has 0 bridgehead atoms. The number of ether oxygens (including phenoxy) is 1. The minimum Gasteiger partial charge on any atom is -0.456 e. The molecule has 1 N–H and O–H groups in total. The second kappa shape index (κ2) is 8.62. The molecule has 0 spiro atoms. The summed E-state index contributed by atoms with van der Waals surface area (Å²) in [7, 11) is 4.29. The maximum atomic E-state index is 6.74. The van der Waals surface area contributed by atoms with Gasteiger partial charge in [0.25, 0.3) is 0 Å². The van der Waals surface area contributed by atoms with Crippen molar-refractivity contribution in [3.63, 3.8) is 0 Å². The van der Waals surface area contributed by atoms with Crippen LogP contribution in [0.25, 0.3) is 33.3 Å². The van der Waals surface area contributed by atoms with Crippen molar-refractivity contribution in [1.82, 2.24) is 34.6 Å². The van der Waals surface area contributed by atoms with E-state index in [-0.39, 0.29) is 0 Å². The zero-order valence-corrected chi connectivity index (χ0v) is 20.6. The third kappa shape index (κ3) is 4.24. The SMILES string of the molecule is Cc1nc2ccc(Oc3ccc4ncc(-c5cnn(CC6CC(N(C)C)C6)c5)nc4c3Cl)cc2[nH]1. The van der Waals surface area contributed by atoms with Gasteiger partial charge < -0.3 is 14.6 Å². The summed E-state index contributed by atoms with van der Waals surface area (Å²) in [6.45, 7) is 2.85. The normalized spacial score (nSPS) is 17.9. The highest BCUT2D eigenvalue weighted by Gasteiger charge is 2.30. The minimum atomic E-state index is 0.425. The highest BCUT2D eigenvalue weighted by Crippen LogP contribution is 2.36. The summed E-state index contributed by atoms with van der Waals surface area (Å²) < 4.78 is 8.11. The predicted molar refractivity (Wildman–Crippen MR) is 137 cm³/mol. The van der Waals surface area contributed by atoms with Crippen molar-refractivity contribution in [2.45, 2.75) is 32.4 Å². The summed E-state index contributed by atoms with van der Waals surface area (Å²) in [6, 6.07) is 10.1. The van der Waals surface area contributed by atoms with Gasteiger partial charge in [-0.3, -0.25) is 9.67 Å². The van der Waals surface area contributed by atoms with E-state index in [1.807, 2.05) is 54.3 Å². The fourth-order valence-corrected chi connectivity index (χ4v) is 4.92. The largest absolute Gasteiger partial charge is 0.456 e. The zero-order chi connectivity index (χ0) is 24.1. The first-order valence-corrected chi connectivity index (χ1v) is 12.1. The minimum absolute atomic E-state index is 0.425. The van der Waals surface area contributed by atoms with Gasteiger partial charge in [-0.15, -0.1) is 0 Å². The molecule has 2 aromatic carbocycles. The van der Waals surface area contributed by atoms with E-state index in [1.54, 1.807) is 6.20 Å². The Morgan fingerprint density at radius 1 is 1.11 bits per heavy atom. The molecule has 178 valence electrons. The van der Waals surface area contributed by atoms with Crippen LogP contribution in [0.1, 0.15) is 18.7 Å². The summed E-state index contributed by atoms with van der Waals surface area (Å²) in [4.78, 5) is 19.3. The molecule has 1 aliphatic carbocycles. The van der Waals surface area contributed by atoms with Crippen molar-refractivity contribution in [3.8, 4) is 22.8 Å². The van der Waals surface area contributed by atoms with Crippen LogP contribution in [0.5, 0.6) is 11.5 Å². The van der Waals surface area contributed by atoms with Gasteiger partial charge in [-0.25, -0.2) is 9.97 Å². The number of nitrogens with one attached hydrogen (secondary N) is 1. The van der Waals surface area contributed by atoms with E-state index in [0.29, 0.717) is 39.5 Å². The summed E-state index contributed by atoms with van der Waals surface area (Å²) >= 11 is 6.74. The molecule has 3 heterocycles. The molecule has 0 unspecified atom stereocenters. The molecule has 0 amide bonds. The Kier molecular flexibility index (Phi) is 5.42. The van der Waals surface area contributed by atoms with Gasteiger partial charge in [-0.05, 0) is 64.0 Å². The Labute approximate surface area is 207 Å². The van der Waals surface area contributed by atoms with E-state index < -0.39 is 0 Å². The second-order valence-electron chi connectivity index (χ2n) is 9.51. The third-order valence-corrected chi connectivity index (χ3v) is 7.10. The smallest absolute Gasteiger partial charge is 0.148 e. The van der Waals surface area contributed by atoms with Gasteiger partial charge in [0.15, 0.2) is 0 Å². The van der Waals surface area contributed by atoms with Crippen molar-refractivity contribution in [2.75, 3.05) is 14.1 Å². The third-order valence-electron chi connectivity index (χ3n) is 6.73. The number of halogens is 1. The monoisotopic (exact) mass is 487 g/mol. The lowest BCUT2D eigenvalue weighted by atomic mass is 9.79. The Morgan fingerprint density at radius 3 is 2.77 bits per heavy atom. The first-order chi connectivity index (χ1) is 16.9. The number of hydrogen-bond donors (Lipinski definition) is 1. The van der Waals surface area contributed by atoms with Gasteiger partial charge >= 0.3 is 0 Å². The number of aromatic nitrogens is 6. The van der Waals surface area contributed by atoms with Crippen LogP contribution < -0.4 is 4.74 Å². The van der Waals surface area contributed by atoms with Gasteiger partial charge in [-0.2, -0.15) is 5.10 Å². The molecule has 1 aliphatic rings. The maximum absolute atomic E-state index is 6.74. The molecule has 5 aromatic rings. The highest BCUT2D eigenvalue weighted by atomic mass is 35.5. The molecule has 0 radical (unpaired) electrons. The molecular weight excluding hydrogens is 462 g/mol. The van der Waals surface area contributed by atoms with Crippen molar-refractivity contribution in [2.24, 2.45) is 5.92 Å². The summed E-state index contributed by atoms with van der Waals surface area (Å²) in [6.07, 6.45) is 8.06. The lowest BCUT2D eigenvalue weighted by Crippen LogP contribution is -2.41. The van der Waals surface area contributed by atoms with Crippen LogP contribution in [-0.4, -0.2) is 54.8 Å². The summed E-state index contributed by atoms with van der Waals surface area (Å²) in [5.74, 6) is 2.71. The number of rotatable bonds is 6. The fraction of sp³-hybridized carbons (Fsp3) is 0.308. The van der Waals surface area contributed by atoms with Gasteiger partial charge in [0.05, 0.1) is 34.6 Å². The van der Waals surface area contributed by atoms with Crippen LogP contribution in [0.4, 0.5) is 0 Å². The van der Waals surface area contributed by atoms with Crippen molar-refractivity contribution < 1.29 is 4.74 Å². The van der Waals surface area contributed by atoms with Crippen LogP contribution >= 0.6 is 11.6 Å². The highest BCUT2D eigenvalue weighted by molar-refractivity contribution is 6.36. The Morgan fingerprint density at radius 2 is 1.94 bits per heavy atom. The van der Waals surface area contributed by atoms with E-state index >= 15 is 0 Å². The first-order valence-electron chi connectivity index (χ1n) is 11.7. The second-order valence-corrected chi connectivity index (χ2v) is 9.89. The molecule has 1 saturated carbocycles. The fourth-order valence-electron chi connectivity index (χ4n) is 4.68. The molecule has 9 heteroatoms. The van der Waals surface area contributed by atoms with Crippen LogP contribution in [-0.2, 0) is 6.54 Å². The maximum Gasteiger partial charge on any atom is 0.148 e. The van der Waals surface area contributed by atoms with E-state index in [9.17, 15) is 0 Å². The number of fused-ring (bicyclic) bond motifs is 2. The van der Waals surface area contributed by atoms with Gasteiger partial charge in [0, 0.05) is 30.4 Å². The lowest BCUT2D eigenvalue weighted by Gasteiger charge is -2.39. The zero-order valence-electron chi connectivity index (χ0n) is 19.9. The first kappa shape index (κ1) is 22.0. The average molecular weight is 488 g/mol. The van der Waals surface area contributed by atoms with E-state index in [1.165, 1.54) is 12.8 Å². The van der Waals surface area contributed by atoms with Crippen molar-refractivity contribution in [1.29, 1.82) is 0 Å². The van der Waals surface area contributed by atoms with Gasteiger partial charge in [0.1, 0.15) is 27.9 Å². The summed E-state index contributed by atoms with van der Waals surface area (Å²) in [5.41, 5.74) is 4.77. The van der Waals surface area contributed by atoms with Crippen molar-refractivity contribution >= 4 is 33.7 Å². The summed E-state index contributed by atoms with van der Waals surface area (Å²) in [5, 5.41) is 4.98. The quantitative estimate of drug-likeness (QED) is 0.342. The van der Waals surface area contributed by atoms with E-state index in [0.717, 1.165) is 34.7 Å². The van der Waals surface area contributed by atoms with E-state index in [2.05, 4.69) is 39.0 Å². The molecule has 0 aliphatic heterocycles. The molecule has 3 aromatic heterocycles. The molecule has 6 rings (SSSR count). The standard InChI is InChI=1S/C26H26ClN7O/c1-15-30-20-5-4-19(10-22(20)31-15)35-24-7-6-21-26(25(24)27)32-23(12-28-21)17-11-29-34(14-17)13-16-8-18(9-16)33(2)3/h4-7,10-12,14,16,18H,8-9,13H2,1-3H3,(H,30,31). The van der Waals surface area contributed by atoms with Crippen LogP contribution in [0.2, 0.25) is 5.02 Å². The number of hydrogen-bond acceptors (Lipinski definition) is 6. The Hall–Kier alpha value is -3.49. The number of benzene rings is 2. The average Bonchev–Trinajstić information content (AvgIpc) is 3.43. The number of aryl methyl sites for hydroxylation is 1. The van der Waals surface area contributed by atoms with Gasteiger partial charge in [0.2, 0.25) is 0 Å². The van der Waals surface area contributed by atoms with E-state index in [4.69, 9.17) is 21.3 Å². The number of aromatic amines is 1. The Balaban J connectivity index is 1.24. The topological polar surface area (TPSA) is 84.8 Å².